The number of carbonyl (C=O) groups is 1. The number of aliphatic carboxylic acids is 1. The van der Waals surface area contributed by atoms with E-state index in [2.05, 4.69) is 17.1 Å². The van der Waals surface area contributed by atoms with Crippen molar-refractivity contribution in [3.8, 4) is 0 Å². The molecule has 0 bridgehead atoms. The van der Waals surface area contributed by atoms with Gasteiger partial charge in [0.15, 0.2) is 3.98 Å². The fourth-order valence-electron chi connectivity index (χ4n) is 1.36. The summed E-state index contributed by atoms with van der Waals surface area (Å²) < 4.78 is 3.34. The van der Waals surface area contributed by atoms with Gasteiger partial charge < -0.3 is 5.11 Å². The van der Waals surface area contributed by atoms with Gasteiger partial charge in [-0.05, 0) is 19.1 Å². The molecule has 0 aliphatic heterocycles. The van der Waals surface area contributed by atoms with E-state index < -0.39 is 5.97 Å². The van der Waals surface area contributed by atoms with Gasteiger partial charge in [-0.2, -0.15) is 0 Å². The molecule has 2 aromatic rings. The first-order valence-corrected chi connectivity index (χ1v) is 6.53. The van der Waals surface area contributed by atoms with Crippen LogP contribution in [0.5, 0.6) is 0 Å². The van der Waals surface area contributed by atoms with Gasteiger partial charge in [-0.25, -0.2) is 0 Å². The maximum absolute atomic E-state index is 10.5. The van der Waals surface area contributed by atoms with Crippen molar-refractivity contribution in [2.24, 2.45) is 4.99 Å². The van der Waals surface area contributed by atoms with E-state index in [4.69, 9.17) is 5.11 Å². The zero-order valence-corrected chi connectivity index (χ0v) is 10.3. The van der Waals surface area contributed by atoms with E-state index in [1.807, 2.05) is 19.1 Å². The Morgan fingerprint density at radius 3 is 2.44 bits per heavy atom. The van der Waals surface area contributed by atoms with E-state index in [-0.39, 0.29) is 12.5 Å². The van der Waals surface area contributed by atoms with Crippen LogP contribution in [0.3, 0.4) is 0 Å². The van der Waals surface area contributed by atoms with Crippen LogP contribution in [0.4, 0.5) is 0 Å². The highest BCUT2D eigenvalue weighted by atomic mass is 32.2. The van der Waals surface area contributed by atoms with Gasteiger partial charge >= 0.3 is 5.97 Å². The number of rotatable bonds is 3. The van der Waals surface area contributed by atoms with Crippen LogP contribution < -0.4 is 3.98 Å². The van der Waals surface area contributed by atoms with Crippen molar-refractivity contribution in [1.29, 1.82) is 0 Å². The van der Waals surface area contributed by atoms with E-state index in [1.54, 1.807) is 22.7 Å². The molecular formula is C11H11NO2S2. The monoisotopic (exact) mass is 253 g/mol. The normalized spacial score (nSPS) is 12.6. The highest BCUT2D eigenvalue weighted by molar-refractivity contribution is 7.35. The molecule has 1 atom stereocenters. The molecule has 1 unspecified atom stereocenters. The van der Waals surface area contributed by atoms with Crippen LogP contribution in [-0.2, 0) is 4.79 Å². The van der Waals surface area contributed by atoms with Crippen LogP contribution >= 0.6 is 22.7 Å². The molecule has 16 heavy (non-hydrogen) atoms. The Morgan fingerprint density at radius 2 is 1.94 bits per heavy atom. The van der Waals surface area contributed by atoms with E-state index in [1.165, 1.54) is 9.40 Å². The molecule has 2 rings (SSSR count). The zero-order valence-electron chi connectivity index (χ0n) is 8.71. The van der Waals surface area contributed by atoms with Crippen molar-refractivity contribution in [3.63, 3.8) is 0 Å². The lowest BCUT2D eigenvalue weighted by Crippen LogP contribution is -2.09. The minimum atomic E-state index is -0.803. The SMILES string of the molecule is CC(CC(=O)O)N=c1sc2ccccc2s1. The second-order valence-corrected chi connectivity index (χ2v) is 5.81. The first kappa shape index (κ1) is 11.3. The lowest BCUT2D eigenvalue weighted by molar-refractivity contribution is -0.137. The molecule has 1 N–H and O–H groups in total. The van der Waals surface area contributed by atoms with Gasteiger partial charge in [-0.15, -0.1) is 22.7 Å². The summed E-state index contributed by atoms with van der Waals surface area (Å²) in [5, 5.41) is 8.65. The van der Waals surface area contributed by atoms with Gasteiger partial charge in [-0.1, -0.05) is 12.1 Å². The van der Waals surface area contributed by atoms with Crippen molar-refractivity contribution in [2.75, 3.05) is 0 Å². The summed E-state index contributed by atoms with van der Waals surface area (Å²) in [4.78, 5) is 14.9. The summed E-state index contributed by atoms with van der Waals surface area (Å²) >= 11 is 3.22. The number of fused-ring (bicyclic) bond motifs is 1. The highest BCUT2D eigenvalue weighted by Gasteiger charge is 2.05. The minimum absolute atomic E-state index is 0.0843. The molecule has 0 aliphatic carbocycles. The largest absolute Gasteiger partial charge is 0.481 e. The van der Waals surface area contributed by atoms with Crippen LogP contribution in [-0.4, -0.2) is 17.1 Å². The summed E-state index contributed by atoms with van der Waals surface area (Å²) in [7, 11) is 0. The third-order valence-electron chi connectivity index (χ3n) is 2.04. The molecule has 0 amide bonds. The average Bonchev–Trinajstić information content (AvgIpc) is 2.57. The van der Waals surface area contributed by atoms with Crippen molar-refractivity contribution >= 4 is 38.0 Å². The lowest BCUT2D eigenvalue weighted by Gasteiger charge is -1.98. The average molecular weight is 253 g/mol. The van der Waals surface area contributed by atoms with Crippen LogP contribution in [0.25, 0.3) is 9.40 Å². The Hall–Kier alpha value is -1.20. The van der Waals surface area contributed by atoms with Gasteiger partial charge in [0.2, 0.25) is 0 Å². The molecule has 0 fully saturated rings. The first-order chi connectivity index (χ1) is 7.65. The molecule has 1 aromatic heterocycles. The summed E-state index contributed by atoms with van der Waals surface area (Å²) in [5.41, 5.74) is 0. The molecule has 0 spiro atoms. The van der Waals surface area contributed by atoms with Crippen molar-refractivity contribution in [2.45, 2.75) is 19.4 Å². The maximum Gasteiger partial charge on any atom is 0.305 e. The van der Waals surface area contributed by atoms with Gasteiger partial charge in [0.25, 0.3) is 0 Å². The molecule has 84 valence electrons. The van der Waals surface area contributed by atoms with Crippen LogP contribution in [0.2, 0.25) is 0 Å². The van der Waals surface area contributed by atoms with Gasteiger partial charge in [-0.3, -0.25) is 9.79 Å². The van der Waals surface area contributed by atoms with Crippen LogP contribution in [0.15, 0.2) is 29.3 Å². The Kier molecular flexibility index (Phi) is 3.36. The van der Waals surface area contributed by atoms with Crippen LogP contribution in [0.1, 0.15) is 13.3 Å². The van der Waals surface area contributed by atoms with Crippen molar-refractivity contribution in [1.82, 2.24) is 0 Å². The Labute approximate surface area is 101 Å². The Bertz CT molecular complexity index is 534. The maximum atomic E-state index is 10.5. The van der Waals surface area contributed by atoms with Crippen LogP contribution in [0, 0.1) is 0 Å². The van der Waals surface area contributed by atoms with Crippen molar-refractivity contribution in [3.05, 3.63) is 28.3 Å². The fourth-order valence-corrected chi connectivity index (χ4v) is 3.79. The Balaban J connectivity index is 2.32. The number of benzene rings is 1. The van der Waals surface area contributed by atoms with E-state index in [0.29, 0.717) is 0 Å². The van der Waals surface area contributed by atoms with E-state index in [9.17, 15) is 4.79 Å². The second-order valence-electron chi connectivity index (χ2n) is 3.49. The summed E-state index contributed by atoms with van der Waals surface area (Å²) in [6.07, 6.45) is 0.0843. The first-order valence-electron chi connectivity index (χ1n) is 4.89. The molecule has 1 aromatic carbocycles. The topological polar surface area (TPSA) is 49.7 Å². The molecule has 3 nitrogen and oxygen atoms in total. The standard InChI is InChI=1S/C11H11NO2S2/c1-7(6-10(13)14)12-11-15-8-4-2-3-5-9(8)16-11/h2-5,7H,6H2,1H3,(H,13,14). The smallest absolute Gasteiger partial charge is 0.305 e. The fraction of sp³-hybridized carbons (Fsp3) is 0.273. The molecule has 0 radical (unpaired) electrons. The highest BCUT2D eigenvalue weighted by Crippen LogP contribution is 2.20. The molecule has 0 saturated heterocycles. The van der Waals surface area contributed by atoms with Crippen molar-refractivity contribution < 1.29 is 9.90 Å². The van der Waals surface area contributed by atoms with Gasteiger partial charge in [0, 0.05) is 9.40 Å². The number of carboxylic acid groups (broad SMARTS) is 1. The predicted molar refractivity (Wildman–Crippen MR) is 67.0 cm³/mol. The van der Waals surface area contributed by atoms with E-state index >= 15 is 0 Å². The minimum Gasteiger partial charge on any atom is -0.481 e. The third-order valence-corrected chi connectivity index (χ3v) is 4.38. The number of carboxylic acids is 1. The quantitative estimate of drug-likeness (QED) is 0.914. The number of hydrogen-bond donors (Lipinski definition) is 1. The molecule has 0 saturated carbocycles. The molecular weight excluding hydrogens is 242 g/mol. The summed E-state index contributed by atoms with van der Waals surface area (Å²) in [6.45, 7) is 1.82. The summed E-state index contributed by atoms with van der Waals surface area (Å²) in [5.74, 6) is -0.803. The predicted octanol–water partition coefficient (Wildman–Crippen LogP) is 2.73. The zero-order chi connectivity index (χ0) is 11.5. The van der Waals surface area contributed by atoms with E-state index in [0.717, 1.165) is 3.98 Å². The lowest BCUT2D eigenvalue weighted by atomic mass is 10.2. The molecule has 5 heteroatoms. The second kappa shape index (κ2) is 4.76. The summed E-state index contributed by atoms with van der Waals surface area (Å²) in [6, 6.07) is 7.93. The Morgan fingerprint density at radius 1 is 1.38 bits per heavy atom. The van der Waals surface area contributed by atoms with Gasteiger partial charge in [0.1, 0.15) is 0 Å². The molecule has 0 aliphatic rings. The number of nitrogens with zero attached hydrogens (tertiary/aromatic N) is 1. The molecule has 1 heterocycles. The van der Waals surface area contributed by atoms with Gasteiger partial charge in [0.05, 0.1) is 12.5 Å². The number of hydrogen-bond acceptors (Lipinski definition) is 4. The third kappa shape index (κ3) is 2.68.